The van der Waals surface area contributed by atoms with E-state index in [1.54, 1.807) is 13.2 Å². The quantitative estimate of drug-likeness (QED) is 0.350. The summed E-state index contributed by atoms with van der Waals surface area (Å²) in [5.41, 5.74) is 16.6. The first kappa shape index (κ1) is 7.68. The molecule has 0 atom stereocenters. The van der Waals surface area contributed by atoms with Gasteiger partial charge in [-0.1, -0.05) is 0 Å². The van der Waals surface area contributed by atoms with Crippen LogP contribution in [0.1, 0.15) is 0 Å². The molecule has 0 aromatic heterocycles. The minimum Gasteiger partial charge on any atom is -0.403 e. The minimum absolute atomic E-state index is 0.379. The summed E-state index contributed by atoms with van der Waals surface area (Å²) in [6, 6.07) is 0. The Labute approximate surface area is 54.4 Å². The topological polar surface area (TPSA) is 90.1 Å². The van der Waals surface area contributed by atoms with Crippen molar-refractivity contribution < 1.29 is 0 Å². The molecule has 4 heteroatoms. The molecule has 0 aromatic carbocycles. The molecule has 0 heterocycles. The van der Waals surface area contributed by atoms with Crippen molar-refractivity contribution >= 4 is 0 Å². The van der Waals surface area contributed by atoms with Gasteiger partial charge in [-0.3, -0.25) is 0 Å². The maximum atomic E-state index is 5.36. The van der Waals surface area contributed by atoms with Crippen LogP contribution in [0.5, 0.6) is 0 Å². The van der Waals surface area contributed by atoms with Crippen molar-refractivity contribution in [2.45, 2.75) is 0 Å². The molecule has 0 saturated carbocycles. The first-order chi connectivity index (χ1) is 4.22. The number of hydrogen-bond donors (Lipinski definition) is 4. The van der Waals surface area contributed by atoms with Crippen LogP contribution in [0.4, 0.5) is 0 Å². The molecule has 0 aliphatic heterocycles. The summed E-state index contributed by atoms with van der Waals surface area (Å²) < 4.78 is 0. The molecule has 9 heavy (non-hydrogen) atoms. The van der Waals surface area contributed by atoms with Crippen molar-refractivity contribution in [3.63, 3.8) is 0 Å². The Morgan fingerprint density at radius 3 is 2.22 bits per heavy atom. The van der Waals surface area contributed by atoms with E-state index < -0.39 is 0 Å². The SMILES string of the molecule is CN/C=C(N)/C(N)=C/N. The van der Waals surface area contributed by atoms with Gasteiger partial charge in [-0.05, 0) is 0 Å². The lowest BCUT2D eigenvalue weighted by Crippen LogP contribution is -2.13. The molecule has 0 aromatic rings. The summed E-state index contributed by atoms with van der Waals surface area (Å²) >= 11 is 0. The lowest BCUT2D eigenvalue weighted by Gasteiger charge is -1.98. The summed E-state index contributed by atoms with van der Waals surface area (Å²) in [5.74, 6) is 0. The van der Waals surface area contributed by atoms with E-state index in [9.17, 15) is 0 Å². The average molecular weight is 128 g/mol. The van der Waals surface area contributed by atoms with E-state index in [1.807, 2.05) is 0 Å². The normalized spacial score (nSPS) is 13.4. The van der Waals surface area contributed by atoms with Gasteiger partial charge in [0.05, 0.1) is 11.4 Å². The van der Waals surface area contributed by atoms with Crippen LogP contribution < -0.4 is 22.5 Å². The fourth-order valence-electron chi connectivity index (χ4n) is 0.335. The van der Waals surface area contributed by atoms with E-state index in [2.05, 4.69) is 5.32 Å². The van der Waals surface area contributed by atoms with Crippen molar-refractivity contribution in [3.05, 3.63) is 23.8 Å². The molecule has 0 bridgehead atoms. The molecule has 4 nitrogen and oxygen atoms in total. The first-order valence-electron chi connectivity index (χ1n) is 2.53. The molecular weight excluding hydrogens is 116 g/mol. The van der Waals surface area contributed by atoms with Crippen molar-refractivity contribution in [3.8, 4) is 0 Å². The van der Waals surface area contributed by atoms with E-state index >= 15 is 0 Å². The molecule has 0 aliphatic rings. The van der Waals surface area contributed by atoms with E-state index in [0.29, 0.717) is 11.4 Å². The maximum absolute atomic E-state index is 5.36. The summed E-state index contributed by atoms with van der Waals surface area (Å²) in [6.07, 6.45) is 2.82. The molecule has 0 fully saturated rings. The minimum atomic E-state index is 0.379. The van der Waals surface area contributed by atoms with E-state index in [4.69, 9.17) is 17.2 Å². The van der Waals surface area contributed by atoms with E-state index in [-0.39, 0.29) is 0 Å². The third-order valence-electron chi connectivity index (χ3n) is 0.813. The van der Waals surface area contributed by atoms with Crippen LogP contribution in [0.3, 0.4) is 0 Å². The Balaban J connectivity index is 4.03. The summed E-state index contributed by atoms with van der Waals surface area (Å²) in [5, 5.41) is 2.72. The smallest absolute Gasteiger partial charge is 0.0722 e. The van der Waals surface area contributed by atoms with E-state index in [1.165, 1.54) is 6.20 Å². The van der Waals surface area contributed by atoms with Gasteiger partial charge in [0.25, 0.3) is 0 Å². The van der Waals surface area contributed by atoms with Crippen LogP contribution in [0.15, 0.2) is 23.8 Å². The van der Waals surface area contributed by atoms with Crippen molar-refractivity contribution in [1.82, 2.24) is 5.32 Å². The van der Waals surface area contributed by atoms with Gasteiger partial charge in [0.1, 0.15) is 0 Å². The monoisotopic (exact) mass is 128 g/mol. The Morgan fingerprint density at radius 2 is 1.89 bits per heavy atom. The third kappa shape index (κ3) is 2.48. The molecule has 0 saturated heterocycles. The fraction of sp³-hybridized carbons (Fsp3) is 0.200. The number of nitrogens with one attached hydrogen (secondary N) is 1. The van der Waals surface area contributed by atoms with Gasteiger partial charge in [-0.15, -0.1) is 0 Å². The second-order valence-corrected chi connectivity index (χ2v) is 1.51. The molecule has 0 amide bonds. The summed E-state index contributed by atoms with van der Waals surface area (Å²) in [7, 11) is 1.73. The zero-order valence-electron chi connectivity index (χ0n) is 5.39. The van der Waals surface area contributed by atoms with Gasteiger partial charge in [-0.25, -0.2) is 0 Å². The van der Waals surface area contributed by atoms with Crippen LogP contribution in [0.2, 0.25) is 0 Å². The molecule has 0 aliphatic carbocycles. The molecule has 7 N–H and O–H groups in total. The molecule has 0 spiro atoms. The number of hydrogen-bond acceptors (Lipinski definition) is 4. The molecule has 0 rings (SSSR count). The standard InChI is InChI=1S/C5H12N4/c1-9-3-5(8)4(7)2-6/h2-3,9H,6-8H2,1H3/b4-2-,5-3-. The maximum Gasteiger partial charge on any atom is 0.0722 e. The van der Waals surface area contributed by atoms with Crippen LogP contribution in [0.25, 0.3) is 0 Å². The van der Waals surface area contributed by atoms with Crippen molar-refractivity contribution in [2.24, 2.45) is 17.2 Å². The average Bonchev–Trinajstić information content (AvgIpc) is 1.87. The van der Waals surface area contributed by atoms with Gasteiger partial charge < -0.3 is 22.5 Å². The van der Waals surface area contributed by atoms with Gasteiger partial charge in [0, 0.05) is 19.4 Å². The van der Waals surface area contributed by atoms with Gasteiger partial charge in [0.15, 0.2) is 0 Å². The number of nitrogens with two attached hydrogens (primary N) is 3. The fourth-order valence-corrected chi connectivity index (χ4v) is 0.335. The van der Waals surface area contributed by atoms with Crippen LogP contribution in [-0.4, -0.2) is 7.05 Å². The van der Waals surface area contributed by atoms with Gasteiger partial charge in [0.2, 0.25) is 0 Å². The van der Waals surface area contributed by atoms with Crippen molar-refractivity contribution in [1.29, 1.82) is 0 Å². The molecule has 52 valence electrons. The van der Waals surface area contributed by atoms with Crippen LogP contribution >= 0.6 is 0 Å². The first-order valence-corrected chi connectivity index (χ1v) is 2.53. The summed E-state index contributed by atoms with van der Waals surface area (Å²) in [4.78, 5) is 0. The highest BCUT2D eigenvalue weighted by Gasteiger charge is 1.89. The van der Waals surface area contributed by atoms with Crippen LogP contribution in [-0.2, 0) is 0 Å². The Hall–Kier alpha value is -1.32. The largest absolute Gasteiger partial charge is 0.403 e. The second-order valence-electron chi connectivity index (χ2n) is 1.51. The second kappa shape index (κ2) is 3.65. The van der Waals surface area contributed by atoms with Gasteiger partial charge >= 0.3 is 0 Å². The zero-order chi connectivity index (χ0) is 7.28. The third-order valence-corrected chi connectivity index (χ3v) is 0.813. The van der Waals surface area contributed by atoms with E-state index in [0.717, 1.165) is 0 Å². The lowest BCUT2D eigenvalue weighted by molar-refractivity contribution is 1.06. The number of rotatable bonds is 2. The lowest BCUT2D eigenvalue weighted by atomic mass is 10.4. The molecule has 0 radical (unpaired) electrons. The predicted octanol–water partition coefficient (Wildman–Crippen LogP) is -1.24. The Kier molecular flexibility index (Phi) is 3.12. The Bertz CT molecular complexity index is 136. The van der Waals surface area contributed by atoms with Crippen molar-refractivity contribution in [2.75, 3.05) is 7.05 Å². The highest BCUT2D eigenvalue weighted by Crippen LogP contribution is 1.88. The summed E-state index contributed by atoms with van der Waals surface area (Å²) in [6.45, 7) is 0. The highest BCUT2D eigenvalue weighted by molar-refractivity contribution is 5.22. The Morgan fingerprint density at radius 1 is 1.33 bits per heavy atom. The molecule has 0 unspecified atom stereocenters. The highest BCUT2D eigenvalue weighted by atomic mass is 14.8. The van der Waals surface area contributed by atoms with Gasteiger partial charge in [-0.2, -0.15) is 0 Å². The van der Waals surface area contributed by atoms with Crippen LogP contribution in [0, 0.1) is 0 Å². The molecular formula is C5H12N4. The predicted molar refractivity (Wildman–Crippen MR) is 37.8 cm³/mol. The zero-order valence-corrected chi connectivity index (χ0v) is 5.39.